The van der Waals surface area contributed by atoms with E-state index < -0.39 is 0 Å². The highest BCUT2D eigenvalue weighted by Gasteiger charge is 2.35. The van der Waals surface area contributed by atoms with Gasteiger partial charge in [0, 0.05) is 31.1 Å². The van der Waals surface area contributed by atoms with Crippen molar-refractivity contribution in [2.75, 3.05) is 6.54 Å². The number of carbonyl (C=O) groups is 1. The molecule has 0 aliphatic carbocycles. The number of fused-ring (bicyclic) bond motifs is 1. The van der Waals surface area contributed by atoms with Crippen LogP contribution in [-0.4, -0.2) is 42.3 Å². The zero-order chi connectivity index (χ0) is 17.4. The van der Waals surface area contributed by atoms with E-state index in [9.17, 15) is 4.79 Å². The molecule has 1 aliphatic heterocycles. The first-order valence-corrected chi connectivity index (χ1v) is 8.19. The van der Waals surface area contributed by atoms with Crippen LogP contribution in [0, 0.1) is 13.8 Å². The number of aromatic amines is 1. The minimum Gasteiger partial charge on any atom is -0.348 e. The van der Waals surface area contributed by atoms with Crippen LogP contribution in [0.4, 0.5) is 0 Å². The first kappa shape index (κ1) is 15.4. The average molecular weight is 334 g/mol. The number of carbonyl (C=O) groups excluding carboxylic acids is 1. The fourth-order valence-electron chi connectivity index (χ4n) is 3.28. The minimum atomic E-state index is -0.315. The fraction of sp³-hybridized carbons (Fsp3) is 0.278. The molecule has 3 aromatic rings. The molecule has 1 amide bonds. The molecular formula is C18H18N6O. The summed E-state index contributed by atoms with van der Waals surface area (Å²) in [5.41, 5.74) is 3.91. The largest absolute Gasteiger partial charge is 0.348 e. The molecular weight excluding hydrogens is 316 g/mol. The smallest absolute Gasteiger partial charge is 0.258 e. The molecule has 4 heterocycles. The Morgan fingerprint density at radius 2 is 2.12 bits per heavy atom. The summed E-state index contributed by atoms with van der Waals surface area (Å²) < 4.78 is 0. The maximum absolute atomic E-state index is 13.2. The van der Waals surface area contributed by atoms with Crippen LogP contribution in [0.1, 0.15) is 45.0 Å². The lowest BCUT2D eigenvalue weighted by Gasteiger charge is -2.34. The van der Waals surface area contributed by atoms with Gasteiger partial charge in [-0.05, 0) is 26.0 Å². The van der Waals surface area contributed by atoms with Crippen molar-refractivity contribution in [1.29, 1.82) is 0 Å². The summed E-state index contributed by atoms with van der Waals surface area (Å²) in [4.78, 5) is 35.7. The van der Waals surface area contributed by atoms with E-state index in [0.717, 1.165) is 23.5 Å². The van der Waals surface area contributed by atoms with Gasteiger partial charge >= 0.3 is 0 Å². The molecule has 0 fully saturated rings. The van der Waals surface area contributed by atoms with Gasteiger partial charge < -0.3 is 9.88 Å². The van der Waals surface area contributed by atoms with E-state index in [1.54, 1.807) is 18.7 Å². The van der Waals surface area contributed by atoms with Crippen LogP contribution >= 0.6 is 0 Å². The van der Waals surface area contributed by atoms with Gasteiger partial charge in [0.25, 0.3) is 5.91 Å². The van der Waals surface area contributed by atoms with E-state index >= 15 is 0 Å². The number of nitrogens with zero attached hydrogens (tertiary/aromatic N) is 5. The number of amides is 1. The SMILES string of the molecule is Cc1ncc(C(=O)N2CCc3[nH]cnc3[C@@H]2c2ccccn2)c(C)n1. The Hall–Kier alpha value is -3.09. The predicted molar refractivity (Wildman–Crippen MR) is 90.9 cm³/mol. The molecule has 1 N–H and O–H groups in total. The first-order valence-electron chi connectivity index (χ1n) is 8.19. The molecule has 0 bridgehead atoms. The van der Waals surface area contributed by atoms with Gasteiger partial charge in [-0.3, -0.25) is 9.78 Å². The number of hydrogen-bond donors (Lipinski definition) is 1. The molecule has 0 saturated carbocycles. The molecule has 4 rings (SSSR count). The Labute approximate surface area is 145 Å². The summed E-state index contributed by atoms with van der Waals surface area (Å²) in [5.74, 6) is 0.561. The molecule has 0 spiro atoms. The van der Waals surface area contributed by atoms with Crippen molar-refractivity contribution in [2.24, 2.45) is 0 Å². The number of aromatic nitrogens is 5. The summed E-state index contributed by atoms with van der Waals surface area (Å²) in [6, 6.07) is 5.39. The lowest BCUT2D eigenvalue weighted by Crippen LogP contribution is -2.41. The van der Waals surface area contributed by atoms with Crippen molar-refractivity contribution < 1.29 is 4.79 Å². The number of aryl methyl sites for hydroxylation is 2. The first-order chi connectivity index (χ1) is 12.1. The summed E-state index contributed by atoms with van der Waals surface area (Å²) in [7, 11) is 0. The number of rotatable bonds is 2. The van der Waals surface area contributed by atoms with Crippen LogP contribution in [0.25, 0.3) is 0 Å². The van der Waals surface area contributed by atoms with Crippen LogP contribution in [-0.2, 0) is 6.42 Å². The van der Waals surface area contributed by atoms with Crippen molar-refractivity contribution in [2.45, 2.75) is 26.3 Å². The number of pyridine rings is 1. The molecule has 0 saturated heterocycles. The molecule has 25 heavy (non-hydrogen) atoms. The van der Waals surface area contributed by atoms with E-state index in [4.69, 9.17) is 0 Å². The van der Waals surface area contributed by atoms with Gasteiger partial charge in [0.2, 0.25) is 0 Å². The van der Waals surface area contributed by atoms with E-state index in [0.29, 0.717) is 23.6 Å². The maximum Gasteiger partial charge on any atom is 0.258 e. The second-order valence-electron chi connectivity index (χ2n) is 6.09. The van der Waals surface area contributed by atoms with E-state index in [2.05, 4.69) is 24.9 Å². The summed E-state index contributed by atoms with van der Waals surface area (Å²) in [6.07, 6.45) is 5.75. The lowest BCUT2D eigenvalue weighted by atomic mass is 9.98. The van der Waals surface area contributed by atoms with E-state index in [-0.39, 0.29) is 11.9 Å². The number of nitrogens with one attached hydrogen (secondary N) is 1. The molecule has 3 aromatic heterocycles. The van der Waals surface area contributed by atoms with Crippen molar-refractivity contribution >= 4 is 5.91 Å². The van der Waals surface area contributed by atoms with Crippen LogP contribution in [0.5, 0.6) is 0 Å². The molecule has 7 heteroatoms. The minimum absolute atomic E-state index is 0.0956. The maximum atomic E-state index is 13.2. The third-order valence-electron chi connectivity index (χ3n) is 4.48. The zero-order valence-electron chi connectivity index (χ0n) is 14.1. The van der Waals surface area contributed by atoms with Gasteiger partial charge in [0.05, 0.1) is 29.0 Å². The van der Waals surface area contributed by atoms with Crippen molar-refractivity contribution in [3.63, 3.8) is 0 Å². The summed E-state index contributed by atoms with van der Waals surface area (Å²) >= 11 is 0. The Kier molecular flexibility index (Phi) is 3.76. The molecule has 0 radical (unpaired) electrons. The van der Waals surface area contributed by atoms with Crippen LogP contribution in [0.15, 0.2) is 36.9 Å². The topological polar surface area (TPSA) is 87.7 Å². The number of imidazole rings is 1. The van der Waals surface area contributed by atoms with E-state index in [1.807, 2.05) is 36.9 Å². The van der Waals surface area contributed by atoms with Crippen LogP contribution < -0.4 is 0 Å². The average Bonchev–Trinajstić information content (AvgIpc) is 3.10. The number of hydrogen-bond acceptors (Lipinski definition) is 5. The third-order valence-corrected chi connectivity index (χ3v) is 4.48. The molecule has 7 nitrogen and oxygen atoms in total. The lowest BCUT2D eigenvalue weighted by molar-refractivity contribution is 0.0685. The van der Waals surface area contributed by atoms with Gasteiger partial charge in [-0.2, -0.15) is 0 Å². The van der Waals surface area contributed by atoms with Gasteiger partial charge in [0.15, 0.2) is 0 Å². The summed E-state index contributed by atoms with van der Waals surface area (Å²) in [6.45, 7) is 4.24. The second-order valence-corrected chi connectivity index (χ2v) is 6.09. The highest BCUT2D eigenvalue weighted by atomic mass is 16.2. The highest BCUT2D eigenvalue weighted by molar-refractivity contribution is 5.95. The standard InChI is InChI=1S/C18H18N6O/c1-11-13(9-20-12(2)23-11)18(25)24-8-6-14-16(22-10-21-14)17(24)15-5-3-4-7-19-15/h3-5,7,9-10,17H,6,8H2,1-2H3,(H,21,22)/t17-/m0/s1. The Bertz CT molecular complexity index is 920. The highest BCUT2D eigenvalue weighted by Crippen LogP contribution is 2.33. The normalized spacial score (nSPS) is 16.6. The van der Waals surface area contributed by atoms with Crippen molar-refractivity contribution in [1.82, 2.24) is 29.8 Å². The molecule has 0 unspecified atom stereocenters. The zero-order valence-corrected chi connectivity index (χ0v) is 14.1. The van der Waals surface area contributed by atoms with Gasteiger partial charge in [0.1, 0.15) is 11.9 Å². The Morgan fingerprint density at radius 1 is 1.24 bits per heavy atom. The fourth-order valence-corrected chi connectivity index (χ4v) is 3.28. The number of H-pyrrole nitrogens is 1. The predicted octanol–water partition coefficient (Wildman–Crippen LogP) is 2.00. The van der Waals surface area contributed by atoms with E-state index in [1.165, 1.54) is 0 Å². The van der Waals surface area contributed by atoms with Crippen molar-refractivity contribution in [3.8, 4) is 0 Å². The van der Waals surface area contributed by atoms with Gasteiger partial charge in [-0.25, -0.2) is 15.0 Å². The van der Waals surface area contributed by atoms with Gasteiger partial charge in [-0.1, -0.05) is 6.07 Å². The Balaban J connectivity index is 1.79. The van der Waals surface area contributed by atoms with Crippen molar-refractivity contribution in [3.05, 3.63) is 71.1 Å². The Morgan fingerprint density at radius 3 is 2.88 bits per heavy atom. The quantitative estimate of drug-likeness (QED) is 0.774. The molecule has 0 aromatic carbocycles. The van der Waals surface area contributed by atoms with Crippen LogP contribution in [0.3, 0.4) is 0 Å². The molecule has 1 aliphatic rings. The molecule has 126 valence electrons. The van der Waals surface area contributed by atoms with Gasteiger partial charge in [-0.15, -0.1) is 0 Å². The second kappa shape index (κ2) is 6.08. The molecule has 1 atom stereocenters. The monoisotopic (exact) mass is 334 g/mol. The van der Waals surface area contributed by atoms with Crippen LogP contribution in [0.2, 0.25) is 0 Å². The third kappa shape index (κ3) is 2.67. The summed E-state index contributed by atoms with van der Waals surface area (Å²) in [5, 5.41) is 0.